The largest absolute Gasteiger partial charge is 0.493 e. The zero-order valence-corrected chi connectivity index (χ0v) is 12.7. The molecular formula is C14H23NO3S. The van der Waals surface area contributed by atoms with E-state index in [0.717, 1.165) is 16.9 Å². The normalized spacial score (nSPS) is 13.3. The lowest BCUT2D eigenvalue weighted by Gasteiger charge is -2.14. The molecule has 19 heavy (non-hydrogen) atoms. The van der Waals surface area contributed by atoms with E-state index in [-0.39, 0.29) is 17.5 Å². The molecule has 1 rings (SSSR count). The highest BCUT2D eigenvalue weighted by Gasteiger charge is 2.10. The maximum absolute atomic E-state index is 11.4. The SMILES string of the molecule is CCS(=O)(=O)CCCOc1cc(C)ccc1[C@@H](C)N. The molecule has 0 fully saturated rings. The molecule has 0 saturated heterocycles. The Labute approximate surface area is 115 Å². The minimum atomic E-state index is -2.91. The molecule has 2 N–H and O–H groups in total. The van der Waals surface area contributed by atoms with Crippen molar-refractivity contribution in [2.75, 3.05) is 18.1 Å². The van der Waals surface area contributed by atoms with Gasteiger partial charge in [-0.05, 0) is 31.9 Å². The Bertz CT molecular complexity index is 509. The van der Waals surface area contributed by atoms with Crippen LogP contribution in [0.4, 0.5) is 0 Å². The van der Waals surface area contributed by atoms with Gasteiger partial charge in [0.05, 0.1) is 12.4 Å². The number of hydrogen-bond acceptors (Lipinski definition) is 4. The van der Waals surface area contributed by atoms with E-state index in [4.69, 9.17) is 10.5 Å². The molecule has 1 aromatic rings. The minimum Gasteiger partial charge on any atom is -0.493 e. The third kappa shape index (κ3) is 5.20. The van der Waals surface area contributed by atoms with E-state index >= 15 is 0 Å². The van der Waals surface area contributed by atoms with Gasteiger partial charge in [-0.3, -0.25) is 0 Å². The van der Waals surface area contributed by atoms with Crippen LogP contribution in [0.15, 0.2) is 18.2 Å². The van der Waals surface area contributed by atoms with Gasteiger partial charge in [0.1, 0.15) is 15.6 Å². The lowest BCUT2D eigenvalue weighted by atomic mass is 10.1. The predicted octanol–water partition coefficient (Wildman–Crippen LogP) is 2.22. The van der Waals surface area contributed by atoms with Crippen LogP contribution in [0.5, 0.6) is 5.75 Å². The fourth-order valence-electron chi connectivity index (χ4n) is 1.75. The highest BCUT2D eigenvalue weighted by Crippen LogP contribution is 2.25. The van der Waals surface area contributed by atoms with Crippen molar-refractivity contribution >= 4 is 9.84 Å². The van der Waals surface area contributed by atoms with E-state index in [9.17, 15) is 8.42 Å². The zero-order chi connectivity index (χ0) is 14.5. The molecule has 4 nitrogen and oxygen atoms in total. The minimum absolute atomic E-state index is 0.102. The monoisotopic (exact) mass is 285 g/mol. The smallest absolute Gasteiger partial charge is 0.150 e. The summed E-state index contributed by atoms with van der Waals surface area (Å²) in [6.45, 7) is 5.94. The molecule has 0 bridgehead atoms. The quantitative estimate of drug-likeness (QED) is 0.780. The summed E-state index contributed by atoms with van der Waals surface area (Å²) in [6, 6.07) is 5.79. The third-order valence-corrected chi connectivity index (χ3v) is 4.75. The number of rotatable bonds is 7. The van der Waals surface area contributed by atoms with Crippen LogP contribution in [0, 0.1) is 6.92 Å². The molecule has 0 aliphatic carbocycles. The van der Waals surface area contributed by atoms with Crippen molar-refractivity contribution < 1.29 is 13.2 Å². The lowest BCUT2D eigenvalue weighted by molar-refractivity contribution is 0.313. The summed E-state index contributed by atoms with van der Waals surface area (Å²) in [5.41, 5.74) is 7.93. The van der Waals surface area contributed by atoms with Crippen LogP contribution >= 0.6 is 0 Å². The van der Waals surface area contributed by atoms with Gasteiger partial charge in [-0.1, -0.05) is 19.1 Å². The number of aryl methyl sites for hydroxylation is 1. The summed E-state index contributed by atoms with van der Waals surface area (Å²) >= 11 is 0. The van der Waals surface area contributed by atoms with Crippen molar-refractivity contribution in [1.29, 1.82) is 0 Å². The molecule has 1 aromatic carbocycles. The summed E-state index contributed by atoms with van der Waals surface area (Å²) in [4.78, 5) is 0. The highest BCUT2D eigenvalue weighted by molar-refractivity contribution is 7.91. The van der Waals surface area contributed by atoms with E-state index in [0.29, 0.717) is 13.0 Å². The second-order valence-corrected chi connectivity index (χ2v) is 7.24. The van der Waals surface area contributed by atoms with Crippen molar-refractivity contribution in [2.24, 2.45) is 5.73 Å². The van der Waals surface area contributed by atoms with Gasteiger partial charge >= 0.3 is 0 Å². The van der Waals surface area contributed by atoms with E-state index in [2.05, 4.69) is 0 Å². The van der Waals surface area contributed by atoms with Crippen molar-refractivity contribution in [2.45, 2.75) is 33.2 Å². The number of hydrogen-bond donors (Lipinski definition) is 1. The van der Waals surface area contributed by atoms with Gasteiger partial charge in [0.15, 0.2) is 0 Å². The Hall–Kier alpha value is -1.07. The average molecular weight is 285 g/mol. The summed E-state index contributed by atoms with van der Waals surface area (Å²) in [6.07, 6.45) is 0.502. The molecule has 0 aliphatic rings. The van der Waals surface area contributed by atoms with Crippen LogP contribution in [0.25, 0.3) is 0 Å². The van der Waals surface area contributed by atoms with Crippen LogP contribution in [0.3, 0.4) is 0 Å². The van der Waals surface area contributed by atoms with Gasteiger partial charge in [0.2, 0.25) is 0 Å². The van der Waals surface area contributed by atoms with E-state index in [1.165, 1.54) is 0 Å². The standard InChI is InChI=1S/C14H23NO3S/c1-4-19(16,17)9-5-8-18-14-10-11(2)6-7-13(14)12(3)15/h6-7,10,12H,4-5,8-9,15H2,1-3H3/t12-/m1/s1. The maximum Gasteiger partial charge on any atom is 0.150 e. The molecule has 5 heteroatoms. The van der Waals surface area contributed by atoms with E-state index in [1.54, 1.807) is 6.92 Å². The molecule has 0 aromatic heterocycles. The topological polar surface area (TPSA) is 69.4 Å². The van der Waals surface area contributed by atoms with Crippen molar-refractivity contribution in [1.82, 2.24) is 0 Å². The van der Waals surface area contributed by atoms with Gasteiger partial charge in [0.25, 0.3) is 0 Å². The van der Waals surface area contributed by atoms with Crippen molar-refractivity contribution in [3.8, 4) is 5.75 Å². The Kier molecular flexibility index (Phi) is 5.82. The summed E-state index contributed by atoms with van der Waals surface area (Å²) in [5.74, 6) is 1.11. The molecule has 0 saturated carbocycles. The van der Waals surface area contributed by atoms with Gasteiger partial charge in [-0.15, -0.1) is 0 Å². The van der Waals surface area contributed by atoms with Crippen LogP contribution in [-0.4, -0.2) is 26.5 Å². The first-order chi connectivity index (χ1) is 8.85. The van der Waals surface area contributed by atoms with Crippen LogP contribution in [0.2, 0.25) is 0 Å². The van der Waals surface area contributed by atoms with Crippen LogP contribution < -0.4 is 10.5 Å². The predicted molar refractivity (Wildman–Crippen MR) is 78.2 cm³/mol. The number of benzene rings is 1. The van der Waals surface area contributed by atoms with Gasteiger partial charge in [-0.2, -0.15) is 0 Å². The number of ether oxygens (including phenoxy) is 1. The number of sulfone groups is 1. The lowest BCUT2D eigenvalue weighted by Crippen LogP contribution is -2.13. The third-order valence-electron chi connectivity index (χ3n) is 2.96. The maximum atomic E-state index is 11.4. The fraction of sp³-hybridized carbons (Fsp3) is 0.571. The average Bonchev–Trinajstić information content (AvgIpc) is 2.34. The van der Waals surface area contributed by atoms with Gasteiger partial charge in [-0.25, -0.2) is 8.42 Å². The van der Waals surface area contributed by atoms with Gasteiger partial charge in [0, 0.05) is 17.4 Å². The Morgan fingerprint density at radius 1 is 1.37 bits per heavy atom. The summed E-state index contributed by atoms with van der Waals surface area (Å²) < 4.78 is 28.4. The fourth-order valence-corrected chi connectivity index (χ4v) is 2.59. The molecular weight excluding hydrogens is 262 g/mol. The molecule has 0 radical (unpaired) electrons. The molecule has 0 heterocycles. The summed E-state index contributed by atoms with van der Waals surface area (Å²) in [5, 5.41) is 0. The summed E-state index contributed by atoms with van der Waals surface area (Å²) in [7, 11) is -2.91. The Morgan fingerprint density at radius 2 is 2.05 bits per heavy atom. The highest BCUT2D eigenvalue weighted by atomic mass is 32.2. The Morgan fingerprint density at radius 3 is 2.63 bits per heavy atom. The van der Waals surface area contributed by atoms with E-state index in [1.807, 2.05) is 32.0 Å². The van der Waals surface area contributed by atoms with Crippen molar-refractivity contribution in [3.05, 3.63) is 29.3 Å². The van der Waals surface area contributed by atoms with Gasteiger partial charge < -0.3 is 10.5 Å². The first-order valence-electron chi connectivity index (χ1n) is 6.55. The Balaban J connectivity index is 2.60. The molecule has 0 amide bonds. The van der Waals surface area contributed by atoms with E-state index < -0.39 is 9.84 Å². The molecule has 0 aliphatic heterocycles. The van der Waals surface area contributed by atoms with Crippen LogP contribution in [0.1, 0.15) is 37.4 Å². The van der Waals surface area contributed by atoms with Crippen molar-refractivity contribution in [3.63, 3.8) is 0 Å². The van der Waals surface area contributed by atoms with Crippen LogP contribution in [-0.2, 0) is 9.84 Å². The second-order valence-electron chi connectivity index (χ2n) is 4.77. The second kappa shape index (κ2) is 6.91. The first kappa shape index (κ1) is 16.0. The molecule has 108 valence electrons. The zero-order valence-electron chi connectivity index (χ0n) is 11.8. The first-order valence-corrected chi connectivity index (χ1v) is 8.37. The molecule has 1 atom stereocenters. The molecule has 0 unspecified atom stereocenters. The molecule has 0 spiro atoms. The number of nitrogens with two attached hydrogens (primary N) is 1.